The summed E-state index contributed by atoms with van der Waals surface area (Å²) in [6, 6.07) is 8.27. The summed E-state index contributed by atoms with van der Waals surface area (Å²) in [5.74, 6) is -0.410. The molecular formula is C15H14N4O3S. The zero-order valence-electron chi connectivity index (χ0n) is 12.3. The quantitative estimate of drug-likeness (QED) is 0.783. The lowest BCUT2D eigenvalue weighted by Gasteiger charge is -2.21. The minimum atomic E-state index is -0.383. The van der Waals surface area contributed by atoms with Crippen molar-refractivity contribution in [3.63, 3.8) is 0 Å². The first-order valence-electron chi connectivity index (χ1n) is 6.97. The number of carbonyl (C=O) groups excluding carboxylic acids is 2. The Morgan fingerprint density at radius 3 is 2.87 bits per heavy atom. The predicted molar refractivity (Wildman–Crippen MR) is 86.4 cm³/mol. The third kappa shape index (κ3) is 3.42. The number of aromatic nitrogens is 2. The summed E-state index contributed by atoms with van der Waals surface area (Å²) in [7, 11) is 0. The summed E-state index contributed by atoms with van der Waals surface area (Å²) in [4.78, 5) is 35.6. The maximum absolute atomic E-state index is 11.9. The maximum Gasteiger partial charge on any atom is 0.271 e. The Morgan fingerprint density at radius 1 is 1.30 bits per heavy atom. The van der Waals surface area contributed by atoms with Gasteiger partial charge in [0.25, 0.3) is 11.5 Å². The molecule has 23 heavy (non-hydrogen) atoms. The molecule has 0 spiro atoms. The van der Waals surface area contributed by atoms with E-state index in [-0.39, 0.29) is 28.3 Å². The molecule has 1 atom stereocenters. The number of carbonyl (C=O) groups is 2. The van der Waals surface area contributed by atoms with Crippen molar-refractivity contribution in [3.8, 4) is 0 Å². The fraction of sp³-hybridized carbons (Fsp3) is 0.200. The number of fused-ring (bicyclic) bond motifs is 1. The highest BCUT2D eigenvalue weighted by molar-refractivity contribution is 8.00. The standard InChI is InChI=1S/C15H14N4O3S/c1-8-14(21)17-11-6-9(2-4-12(11)23-8)7-16-15(22)10-3-5-13(20)19-18-10/h2-6,8H,7H2,1H3,(H,16,22)(H,17,21)(H,19,20). The lowest BCUT2D eigenvalue weighted by atomic mass is 10.2. The van der Waals surface area contributed by atoms with Gasteiger partial charge < -0.3 is 10.6 Å². The monoisotopic (exact) mass is 330 g/mol. The van der Waals surface area contributed by atoms with Crippen molar-refractivity contribution in [1.29, 1.82) is 0 Å². The van der Waals surface area contributed by atoms with Crippen molar-refractivity contribution in [2.24, 2.45) is 0 Å². The van der Waals surface area contributed by atoms with Crippen LogP contribution in [-0.4, -0.2) is 27.3 Å². The number of hydrogen-bond acceptors (Lipinski definition) is 5. The number of thioether (sulfide) groups is 1. The Morgan fingerprint density at radius 2 is 2.13 bits per heavy atom. The van der Waals surface area contributed by atoms with Gasteiger partial charge in [0.15, 0.2) is 0 Å². The molecule has 0 saturated heterocycles. The van der Waals surface area contributed by atoms with Gasteiger partial charge >= 0.3 is 0 Å². The second kappa shape index (κ2) is 6.25. The molecule has 118 valence electrons. The number of benzene rings is 1. The second-order valence-electron chi connectivity index (χ2n) is 5.07. The molecule has 0 bridgehead atoms. The minimum absolute atomic E-state index is 0.0267. The number of rotatable bonds is 3. The third-order valence-electron chi connectivity index (χ3n) is 3.34. The van der Waals surface area contributed by atoms with Gasteiger partial charge in [-0.05, 0) is 30.7 Å². The molecule has 0 aliphatic carbocycles. The first kappa shape index (κ1) is 15.3. The molecule has 2 aromatic rings. The molecule has 0 radical (unpaired) electrons. The molecule has 0 saturated carbocycles. The van der Waals surface area contributed by atoms with Crippen LogP contribution in [0.1, 0.15) is 23.0 Å². The van der Waals surface area contributed by atoms with Crippen LogP contribution in [0.2, 0.25) is 0 Å². The number of hydrogen-bond donors (Lipinski definition) is 3. The average Bonchev–Trinajstić information content (AvgIpc) is 2.54. The normalized spacial score (nSPS) is 16.4. The van der Waals surface area contributed by atoms with Crippen LogP contribution in [0, 0.1) is 0 Å². The molecule has 2 amide bonds. The summed E-state index contributed by atoms with van der Waals surface area (Å²) < 4.78 is 0. The van der Waals surface area contributed by atoms with Gasteiger partial charge in [0.05, 0.1) is 10.9 Å². The van der Waals surface area contributed by atoms with E-state index in [9.17, 15) is 14.4 Å². The van der Waals surface area contributed by atoms with Crippen LogP contribution >= 0.6 is 11.8 Å². The van der Waals surface area contributed by atoms with Gasteiger partial charge in [-0.3, -0.25) is 14.4 Å². The van der Waals surface area contributed by atoms with Crippen LogP contribution in [-0.2, 0) is 11.3 Å². The van der Waals surface area contributed by atoms with E-state index >= 15 is 0 Å². The molecule has 2 heterocycles. The Bertz CT molecular complexity index is 813. The lowest BCUT2D eigenvalue weighted by molar-refractivity contribution is -0.115. The van der Waals surface area contributed by atoms with Crippen molar-refractivity contribution in [1.82, 2.24) is 15.5 Å². The van der Waals surface area contributed by atoms with Crippen molar-refractivity contribution in [2.75, 3.05) is 5.32 Å². The average molecular weight is 330 g/mol. The molecular weight excluding hydrogens is 316 g/mol. The predicted octanol–water partition coefficient (Wildman–Crippen LogP) is 1.13. The maximum atomic E-state index is 11.9. The molecule has 1 aromatic carbocycles. The highest BCUT2D eigenvalue weighted by atomic mass is 32.2. The fourth-order valence-electron chi connectivity index (χ4n) is 2.11. The molecule has 1 unspecified atom stereocenters. The van der Waals surface area contributed by atoms with E-state index in [0.29, 0.717) is 6.54 Å². The van der Waals surface area contributed by atoms with Crippen LogP contribution in [0.15, 0.2) is 40.0 Å². The van der Waals surface area contributed by atoms with Crippen molar-refractivity contribution in [2.45, 2.75) is 23.6 Å². The van der Waals surface area contributed by atoms with E-state index in [1.165, 1.54) is 23.9 Å². The smallest absolute Gasteiger partial charge is 0.271 e. The van der Waals surface area contributed by atoms with Gasteiger partial charge in [-0.2, -0.15) is 5.10 Å². The van der Waals surface area contributed by atoms with Crippen LogP contribution in [0.5, 0.6) is 0 Å². The minimum Gasteiger partial charge on any atom is -0.347 e. The van der Waals surface area contributed by atoms with Gasteiger partial charge in [-0.25, -0.2) is 5.10 Å². The Labute approximate surface area is 135 Å². The summed E-state index contributed by atoms with van der Waals surface area (Å²) in [5, 5.41) is 11.3. The topological polar surface area (TPSA) is 104 Å². The molecule has 3 N–H and O–H groups in total. The van der Waals surface area contributed by atoms with E-state index < -0.39 is 0 Å². The highest BCUT2D eigenvalue weighted by Gasteiger charge is 2.22. The zero-order chi connectivity index (χ0) is 16.4. The summed E-state index contributed by atoms with van der Waals surface area (Å²) >= 11 is 1.51. The summed E-state index contributed by atoms with van der Waals surface area (Å²) in [6.07, 6.45) is 0. The zero-order valence-corrected chi connectivity index (χ0v) is 13.1. The number of nitrogens with one attached hydrogen (secondary N) is 3. The highest BCUT2D eigenvalue weighted by Crippen LogP contribution is 2.35. The van der Waals surface area contributed by atoms with Crippen LogP contribution < -0.4 is 16.2 Å². The van der Waals surface area contributed by atoms with Gasteiger partial charge in [0.1, 0.15) is 5.69 Å². The first-order valence-corrected chi connectivity index (χ1v) is 7.85. The van der Waals surface area contributed by atoms with Gasteiger partial charge in [-0.1, -0.05) is 6.07 Å². The van der Waals surface area contributed by atoms with Crippen molar-refractivity contribution in [3.05, 3.63) is 51.9 Å². The van der Waals surface area contributed by atoms with Gasteiger partial charge in [0.2, 0.25) is 5.91 Å². The summed E-state index contributed by atoms with van der Waals surface area (Å²) in [5.41, 5.74) is 1.39. The number of anilines is 1. The van der Waals surface area contributed by atoms with Crippen LogP contribution in [0.3, 0.4) is 0 Å². The fourth-order valence-corrected chi connectivity index (χ4v) is 3.04. The van der Waals surface area contributed by atoms with E-state index in [1.807, 2.05) is 25.1 Å². The summed E-state index contributed by atoms with van der Waals surface area (Å²) in [6.45, 7) is 2.15. The Hall–Kier alpha value is -2.61. The number of amides is 2. The molecule has 1 aromatic heterocycles. The van der Waals surface area contributed by atoms with Crippen LogP contribution in [0.25, 0.3) is 0 Å². The van der Waals surface area contributed by atoms with Crippen molar-refractivity contribution < 1.29 is 9.59 Å². The molecule has 0 fully saturated rings. The van der Waals surface area contributed by atoms with Gasteiger partial charge in [0, 0.05) is 17.5 Å². The van der Waals surface area contributed by atoms with E-state index in [4.69, 9.17) is 0 Å². The molecule has 7 nitrogen and oxygen atoms in total. The van der Waals surface area contributed by atoms with Gasteiger partial charge in [-0.15, -0.1) is 11.8 Å². The van der Waals surface area contributed by atoms with Crippen LogP contribution in [0.4, 0.5) is 5.69 Å². The van der Waals surface area contributed by atoms with E-state index in [1.54, 1.807) is 0 Å². The molecule has 8 heteroatoms. The SMILES string of the molecule is CC1Sc2ccc(CNC(=O)c3ccc(=O)[nH]n3)cc2NC1=O. The number of nitrogens with zero attached hydrogens (tertiary/aromatic N) is 1. The third-order valence-corrected chi connectivity index (χ3v) is 4.52. The molecule has 3 rings (SSSR count). The largest absolute Gasteiger partial charge is 0.347 e. The lowest BCUT2D eigenvalue weighted by Crippen LogP contribution is -2.27. The molecule has 1 aliphatic heterocycles. The van der Waals surface area contributed by atoms with Crippen molar-refractivity contribution >= 4 is 29.3 Å². The Balaban J connectivity index is 1.68. The first-order chi connectivity index (χ1) is 11.0. The second-order valence-corrected chi connectivity index (χ2v) is 6.45. The number of aromatic amines is 1. The van der Waals surface area contributed by atoms with E-state index in [2.05, 4.69) is 20.8 Å². The molecule has 1 aliphatic rings. The van der Waals surface area contributed by atoms with E-state index in [0.717, 1.165) is 16.1 Å². The number of H-pyrrole nitrogens is 1. The Kier molecular flexibility index (Phi) is 4.16.